The SMILES string of the molecule is CCNC(=NCc1cccc(OC)c1OC)N(C)Cc1ncc(-c2ccccc2)[nH]1. The Labute approximate surface area is 177 Å². The van der Waals surface area contributed by atoms with Gasteiger partial charge in [-0.3, -0.25) is 0 Å². The van der Waals surface area contributed by atoms with E-state index >= 15 is 0 Å². The maximum Gasteiger partial charge on any atom is 0.194 e. The standard InChI is InChI=1S/C23H29N5O2/c1-5-24-23(26-14-18-12-9-13-20(29-3)22(18)30-4)28(2)16-21-25-15-19(27-21)17-10-7-6-8-11-17/h6-13,15H,5,14,16H2,1-4H3,(H,24,26)(H,25,27). The number of methoxy groups -OCH3 is 2. The third-order valence-corrected chi connectivity index (χ3v) is 4.68. The van der Waals surface area contributed by atoms with Gasteiger partial charge in [0.05, 0.1) is 39.2 Å². The van der Waals surface area contributed by atoms with Crippen LogP contribution in [0.25, 0.3) is 11.3 Å². The van der Waals surface area contributed by atoms with E-state index in [-0.39, 0.29) is 0 Å². The second-order valence-corrected chi connectivity index (χ2v) is 6.79. The van der Waals surface area contributed by atoms with Crippen LogP contribution in [0.4, 0.5) is 0 Å². The number of nitrogens with one attached hydrogen (secondary N) is 2. The Morgan fingerprint density at radius 3 is 2.60 bits per heavy atom. The number of guanidine groups is 1. The number of aromatic nitrogens is 2. The highest BCUT2D eigenvalue weighted by Crippen LogP contribution is 2.31. The van der Waals surface area contributed by atoms with Crippen molar-refractivity contribution in [3.05, 3.63) is 66.1 Å². The molecule has 0 saturated heterocycles. The van der Waals surface area contributed by atoms with Crippen LogP contribution in [0.3, 0.4) is 0 Å². The summed E-state index contributed by atoms with van der Waals surface area (Å²) in [6, 6.07) is 16.0. The fourth-order valence-electron chi connectivity index (χ4n) is 3.21. The molecule has 0 bridgehead atoms. The number of H-pyrrole nitrogens is 1. The number of imidazole rings is 1. The molecule has 2 N–H and O–H groups in total. The maximum absolute atomic E-state index is 5.52. The zero-order valence-corrected chi connectivity index (χ0v) is 18.0. The summed E-state index contributed by atoms with van der Waals surface area (Å²) in [6.07, 6.45) is 1.86. The predicted octanol–water partition coefficient (Wildman–Crippen LogP) is 3.69. The molecule has 7 nitrogen and oxygen atoms in total. The Morgan fingerprint density at radius 1 is 1.10 bits per heavy atom. The zero-order valence-electron chi connectivity index (χ0n) is 18.0. The molecule has 3 aromatic rings. The molecule has 1 heterocycles. The normalized spacial score (nSPS) is 11.3. The zero-order chi connectivity index (χ0) is 21.3. The minimum atomic E-state index is 0.473. The lowest BCUT2D eigenvalue weighted by Gasteiger charge is -2.21. The van der Waals surface area contributed by atoms with Crippen molar-refractivity contribution in [3.8, 4) is 22.8 Å². The Balaban J connectivity index is 1.74. The number of aromatic amines is 1. The van der Waals surface area contributed by atoms with Crippen LogP contribution in [0.15, 0.2) is 59.7 Å². The Morgan fingerprint density at radius 2 is 1.90 bits per heavy atom. The molecule has 0 atom stereocenters. The van der Waals surface area contributed by atoms with Crippen molar-refractivity contribution in [1.29, 1.82) is 0 Å². The van der Waals surface area contributed by atoms with Gasteiger partial charge < -0.3 is 24.7 Å². The van der Waals surface area contributed by atoms with Gasteiger partial charge >= 0.3 is 0 Å². The molecule has 0 saturated carbocycles. The first kappa shape index (κ1) is 21.2. The van der Waals surface area contributed by atoms with E-state index in [0.29, 0.717) is 24.6 Å². The van der Waals surface area contributed by atoms with Crippen molar-refractivity contribution in [3.63, 3.8) is 0 Å². The summed E-state index contributed by atoms with van der Waals surface area (Å²) < 4.78 is 10.9. The minimum Gasteiger partial charge on any atom is -0.493 e. The van der Waals surface area contributed by atoms with Gasteiger partial charge in [-0.05, 0) is 18.6 Å². The van der Waals surface area contributed by atoms with Gasteiger partial charge in [-0.25, -0.2) is 9.98 Å². The smallest absolute Gasteiger partial charge is 0.194 e. The molecule has 158 valence electrons. The third kappa shape index (κ3) is 5.11. The van der Waals surface area contributed by atoms with E-state index in [0.717, 1.165) is 35.1 Å². The van der Waals surface area contributed by atoms with Crippen molar-refractivity contribution in [2.45, 2.75) is 20.0 Å². The molecule has 3 rings (SSSR count). The Kier molecular flexibility index (Phi) is 7.32. The molecule has 0 unspecified atom stereocenters. The fourth-order valence-corrected chi connectivity index (χ4v) is 3.21. The first-order chi connectivity index (χ1) is 14.7. The molecule has 0 amide bonds. The molecule has 30 heavy (non-hydrogen) atoms. The molecule has 7 heteroatoms. The molecule has 1 aromatic heterocycles. The summed E-state index contributed by atoms with van der Waals surface area (Å²) in [5, 5.41) is 3.34. The minimum absolute atomic E-state index is 0.473. The number of hydrogen-bond donors (Lipinski definition) is 2. The lowest BCUT2D eigenvalue weighted by molar-refractivity contribution is 0.351. The van der Waals surface area contributed by atoms with Gasteiger partial charge in [0.1, 0.15) is 5.82 Å². The van der Waals surface area contributed by atoms with Gasteiger partial charge in [0, 0.05) is 19.2 Å². The number of para-hydroxylation sites is 1. The molecule has 0 radical (unpaired) electrons. The molecule has 0 spiro atoms. The van der Waals surface area contributed by atoms with Gasteiger partial charge in [0.15, 0.2) is 17.5 Å². The number of ether oxygens (including phenoxy) is 2. The number of aliphatic imine (C=N–C) groups is 1. The molecule has 2 aromatic carbocycles. The number of hydrogen-bond acceptors (Lipinski definition) is 4. The Hall–Kier alpha value is -3.48. The first-order valence-corrected chi connectivity index (χ1v) is 9.94. The van der Waals surface area contributed by atoms with Crippen LogP contribution >= 0.6 is 0 Å². The summed E-state index contributed by atoms with van der Waals surface area (Å²) in [6.45, 7) is 3.90. The second kappa shape index (κ2) is 10.3. The van der Waals surface area contributed by atoms with E-state index in [1.165, 1.54) is 0 Å². The summed E-state index contributed by atoms with van der Waals surface area (Å²) in [5.74, 6) is 3.08. The average Bonchev–Trinajstić information content (AvgIpc) is 3.25. The van der Waals surface area contributed by atoms with Crippen molar-refractivity contribution in [1.82, 2.24) is 20.2 Å². The van der Waals surface area contributed by atoms with Gasteiger partial charge in [-0.2, -0.15) is 0 Å². The van der Waals surface area contributed by atoms with Gasteiger partial charge in [-0.1, -0.05) is 42.5 Å². The summed E-state index contributed by atoms with van der Waals surface area (Å²) in [7, 11) is 5.27. The third-order valence-electron chi connectivity index (χ3n) is 4.68. The highest BCUT2D eigenvalue weighted by atomic mass is 16.5. The van der Waals surface area contributed by atoms with Crippen LogP contribution in [0.1, 0.15) is 18.3 Å². The monoisotopic (exact) mass is 407 g/mol. The van der Waals surface area contributed by atoms with E-state index in [4.69, 9.17) is 14.5 Å². The highest BCUT2D eigenvalue weighted by Gasteiger charge is 2.12. The van der Waals surface area contributed by atoms with Crippen LogP contribution in [0.2, 0.25) is 0 Å². The first-order valence-electron chi connectivity index (χ1n) is 9.94. The van der Waals surface area contributed by atoms with Gasteiger partial charge in [0.2, 0.25) is 0 Å². The molecule has 0 fully saturated rings. The van der Waals surface area contributed by atoms with E-state index < -0.39 is 0 Å². The lowest BCUT2D eigenvalue weighted by Crippen LogP contribution is -2.38. The molecular formula is C23H29N5O2. The number of rotatable bonds is 8. The van der Waals surface area contributed by atoms with Crippen molar-refractivity contribution in [2.24, 2.45) is 4.99 Å². The van der Waals surface area contributed by atoms with Crippen molar-refractivity contribution in [2.75, 3.05) is 27.8 Å². The molecular weight excluding hydrogens is 378 g/mol. The average molecular weight is 408 g/mol. The highest BCUT2D eigenvalue weighted by molar-refractivity contribution is 5.79. The van der Waals surface area contributed by atoms with E-state index in [2.05, 4.69) is 34.3 Å². The van der Waals surface area contributed by atoms with Crippen LogP contribution in [0, 0.1) is 0 Å². The Bertz CT molecular complexity index is 969. The maximum atomic E-state index is 5.52. The van der Waals surface area contributed by atoms with E-state index in [1.807, 2.05) is 54.5 Å². The van der Waals surface area contributed by atoms with Crippen LogP contribution in [0.5, 0.6) is 11.5 Å². The van der Waals surface area contributed by atoms with Crippen LogP contribution < -0.4 is 14.8 Å². The quantitative estimate of drug-likeness (QED) is 0.440. The molecule has 0 aliphatic heterocycles. The van der Waals surface area contributed by atoms with Crippen LogP contribution in [-0.4, -0.2) is 48.6 Å². The lowest BCUT2D eigenvalue weighted by atomic mass is 10.2. The van der Waals surface area contributed by atoms with Crippen LogP contribution in [-0.2, 0) is 13.1 Å². The van der Waals surface area contributed by atoms with Crippen molar-refractivity contribution < 1.29 is 9.47 Å². The largest absolute Gasteiger partial charge is 0.493 e. The topological polar surface area (TPSA) is 74.8 Å². The number of benzene rings is 2. The second-order valence-electron chi connectivity index (χ2n) is 6.79. The predicted molar refractivity (Wildman–Crippen MR) is 120 cm³/mol. The summed E-state index contributed by atoms with van der Waals surface area (Å²) in [4.78, 5) is 14.7. The van der Waals surface area contributed by atoms with E-state index in [9.17, 15) is 0 Å². The number of nitrogens with zero attached hydrogens (tertiary/aromatic N) is 3. The molecule has 0 aliphatic carbocycles. The molecule has 0 aliphatic rings. The summed E-state index contributed by atoms with van der Waals surface area (Å²) >= 11 is 0. The van der Waals surface area contributed by atoms with E-state index in [1.54, 1.807) is 14.2 Å². The van der Waals surface area contributed by atoms with Gasteiger partial charge in [-0.15, -0.1) is 0 Å². The fraction of sp³-hybridized carbons (Fsp3) is 0.304. The summed E-state index contributed by atoms with van der Waals surface area (Å²) in [5.41, 5.74) is 3.08. The van der Waals surface area contributed by atoms with Crippen molar-refractivity contribution >= 4 is 5.96 Å². The van der Waals surface area contributed by atoms with Gasteiger partial charge in [0.25, 0.3) is 0 Å².